The normalized spacial score (nSPS) is 22.3. The van der Waals surface area contributed by atoms with E-state index in [4.69, 9.17) is 0 Å². The lowest BCUT2D eigenvalue weighted by molar-refractivity contribution is 0.0743. The standard InChI is InChI=1S/C25H33F2N5O3S/c1-13-6-5-9-32(13)24(35)19-20(36-23(30-19)22(34)29-14-7-8-15(33)10-14)17-12-28-18(31-25(2,3)4)11-16(17)21(26)27/h11-15,21,33H,5-10H2,1-4H3,(H,28,31)(H,29,34)/t13-,14?,15+/m0/s1. The molecule has 0 bridgehead atoms. The molecule has 0 aromatic carbocycles. The number of likely N-dealkylation sites (tertiary alicyclic amines) is 1. The molecule has 0 radical (unpaired) electrons. The highest BCUT2D eigenvalue weighted by atomic mass is 32.1. The molecular weight excluding hydrogens is 488 g/mol. The molecule has 2 aromatic rings. The molecular formula is C25H33F2N5O3S. The summed E-state index contributed by atoms with van der Waals surface area (Å²) in [6.45, 7) is 8.18. The number of anilines is 1. The van der Waals surface area contributed by atoms with Crippen LogP contribution in [-0.4, -0.2) is 62.1 Å². The van der Waals surface area contributed by atoms with Crippen LogP contribution in [0.15, 0.2) is 12.3 Å². The summed E-state index contributed by atoms with van der Waals surface area (Å²) in [5.74, 6) is -0.560. The smallest absolute Gasteiger partial charge is 0.280 e. The molecule has 2 fully saturated rings. The SMILES string of the molecule is C[C@H]1CCCN1C(=O)c1nc(C(=O)NC2CC[C@@H](O)C2)sc1-c1cnc(NC(C)(C)C)cc1C(F)F. The molecule has 1 saturated heterocycles. The average molecular weight is 522 g/mol. The van der Waals surface area contributed by atoms with E-state index in [0.717, 1.165) is 24.2 Å². The van der Waals surface area contributed by atoms with Crippen molar-refractivity contribution in [3.63, 3.8) is 0 Å². The molecule has 196 valence electrons. The molecule has 2 aliphatic rings. The summed E-state index contributed by atoms with van der Waals surface area (Å²) >= 11 is 0.917. The highest BCUT2D eigenvalue weighted by Crippen LogP contribution is 2.39. The Morgan fingerprint density at radius 2 is 2.00 bits per heavy atom. The molecule has 0 spiro atoms. The van der Waals surface area contributed by atoms with Gasteiger partial charge in [-0.05, 0) is 65.9 Å². The molecule has 36 heavy (non-hydrogen) atoms. The van der Waals surface area contributed by atoms with Gasteiger partial charge in [0.2, 0.25) is 0 Å². The number of hydrogen-bond donors (Lipinski definition) is 3. The number of aliphatic hydroxyl groups is 1. The lowest BCUT2D eigenvalue weighted by atomic mass is 10.1. The first-order valence-electron chi connectivity index (χ1n) is 12.3. The quantitative estimate of drug-likeness (QED) is 0.512. The number of carbonyl (C=O) groups excluding carboxylic acids is 2. The maximum Gasteiger partial charge on any atom is 0.280 e. The van der Waals surface area contributed by atoms with Crippen LogP contribution in [0.1, 0.15) is 92.1 Å². The molecule has 2 aromatic heterocycles. The summed E-state index contributed by atoms with van der Waals surface area (Å²) in [7, 11) is 0. The van der Waals surface area contributed by atoms with Crippen molar-refractivity contribution in [2.24, 2.45) is 0 Å². The molecule has 1 saturated carbocycles. The maximum absolute atomic E-state index is 14.2. The minimum Gasteiger partial charge on any atom is -0.393 e. The van der Waals surface area contributed by atoms with Crippen LogP contribution in [0.2, 0.25) is 0 Å². The van der Waals surface area contributed by atoms with Gasteiger partial charge in [0.25, 0.3) is 18.2 Å². The molecule has 3 N–H and O–H groups in total. The van der Waals surface area contributed by atoms with Gasteiger partial charge in [-0.15, -0.1) is 11.3 Å². The van der Waals surface area contributed by atoms with Crippen molar-refractivity contribution < 1.29 is 23.5 Å². The minimum absolute atomic E-state index is 0.00430. The molecule has 4 rings (SSSR count). The van der Waals surface area contributed by atoms with Gasteiger partial charge in [-0.1, -0.05) is 0 Å². The first-order valence-corrected chi connectivity index (χ1v) is 13.1. The van der Waals surface area contributed by atoms with Gasteiger partial charge in [0, 0.05) is 41.5 Å². The van der Waals surface area contributed by atoms with Crippen LogP contribution in [0.4, 0.5) is 14.6 Å². The van der Waals surface area contributed by atoms with Gasteiger partial charge >= 0.3 is 0 Å². The summed E-state index contributed by atoms with van der Waals surface area (Å²) in [5.41, 5.74) is -0.585. The number of nitrogens with zero attached hydrogens (tertiary/aromatic N) is 3. The van der Waals surface area contributed by atoms with Crippen LogP contribution in [-0.2, 0) is 0 Å². The third-order valence-electron chi connectivity index (χ3n) is 6.50. The number of thiazole rings is 1. The van der Waals surface area contributed by atoms with Crippen molar-refractivity contribution in [1.82, 2.24) is 20.2 Å². The van der Waals surface area contributed by atoms with Gasteiger partial charge < -0.3 is 20.6 Å². The Hall–Kier alpha value is -2.66. The van der Waals surface area contributed by atoms with Crippen LogP contribution in [0.3, 0.4) is 0 Å². The zero-order valence-electron chi connectivity index (χ0n) is 21.0. The highest BCUT2D eigenvalue weighted by Gasteiger charge is 2.34. The lowest BCUT2D eigenvalue weighted by Crippen LogP contribution is -2.35. The number of nitrogens with one attached hydrogen (secondary N) is 2. The van der Waals surface area contributed by atoms with Crippen molar-refractivity contribution in [2.75, 3.05) is 11.9 Å². The average Bonchev–Trinajstić information content (AvgIpc) is 3.52. The monoisotopic (exact) mass is 521 g/mol. The van der Waals surface area contributed by atoms with Gasteiger partial charge in [0.05, 0.1) is 11.0 Å². The minimum atomic E-state index is -2.82. The second-order valence-corrected chi connectivity index (χ2v) is 11.7. The molecule has 1 aliphatic heterocycles. The van der Waals surface area contributed by atoms with Crippen molar-refractivity contribution in [1.29, 1.82) is 0 Å². The zero-order valence-corrected chi connectivity index (χ0v) is 21.8. The Labute approximate surface area is 213 Å². The number of amides is 2. The van der Waals surface area contributed by atoms with Crippen LogP contribution in [0.5, 0.6) is 0 Å². The summed E-state index contributed by atoms with van der Waals surface area (Å²) in [6.07, 6.45) is 1.42. The van der Waals surface area contributed by atoms with Crippen molar-refractivity contribution in [3.05, 3.63) is 28.5 Å². The zero-order chi connectivity index (χ0) is 26.2. The summed E-state index contributed by atoms with van der Waals surface area (Å²) in [4.78, 5) is 37.1. The predicted octanol–water partition coefficient (Wildman–Crippen LogP) is 4.62. The third kappa shape index (κ3) is 5.83. The van der Waals surface area contributed by atoms with E-state index in [2.05, 4.69) is 20.6 Å². The summed E-state index contributed by atoms with van der Waals surface area (Å²) < 4.78 is 28.4. The number of hydrogen-bond acceptors (Lipinski definition) is 7. The fraction of sp³-hybridized carbons (Fsp3) is 0.600. The lowest BCUT2D eigenvalue weighted by Gasteiger charge is -2.23. The number of pyridine rings is 1. The summed E-state index contributed by atoms with van der Waals surface area (Å²) in [5, 5.41) is 15.8. The molecule has 11 heteroatoms. The Kier molecular flexibility index (Phi) is 7.61. The second-order valence-electron chi connectivity index (χ2n) is 10.7. The van der Waals surface area contributed by atoms with Crippen LogP contribution < -0.4 is 10.6 Å². The van der Waals surface area contributed by atoms with E-state index in [9.17, 15) is 23.5 Å². The molecule has 1 aliphatic carbocycles. The second kappa shape index (κ2) is 10.4. The molecule has 2 amide bonds. The number of carbonyl (C=O) groups is 2. The summed E-state index contributed by atoms with van der Waals surface area (Å²) in [6, 6.07) is 1.09. The van der Waals surface area contributed by atoms with Crippen molar-refractivity contribution in [3.8, 4) is 10.4 Å². The Morgan fingerprint density at radius 1 is 1.25 bits per heavy atom. The number of aliphatic hydroxyl groups excluding tert-OH is 1. The van der Waals surface area contributed by atoms with Crippen molar-refractivity contribution in [2.45, 2.75) is 90.0 Å². The van der Waals surface area contributed by atoms with E-state index in [1.54, 1.807) is 4.90 Å². The van der Waals surface area contributed by atoms with Crippen LogP contribution in [0.25, 0.3) is 10.4 Å². The molecule has 3 heterocycles. The van der Waals surface area contributed by atoms with Gasteiger partial charge in [0.1, 0.15) is 11.5 Å². The fourth-order valence-corrected chi connectivity index (χ4v) is 5.74. The largest absolute Gasteiger partial charge is 0.393 e. The Balaban J connectivity index is 1.75. The first-order chi connectivity index (χ1) is 16.9. The first kappa shape index (κ1) is 26.4. The van der Waals surface area contributed by atoms with Gasteiger partial charge in [-0.3, -0.25) is 9.59 Å². The van der Waals surface area contributed by atoms with E-state index in [1.165, 1.54) is 12.3 Å². The molecule has 8 nitrogen and oxygen atoms in total. The van der Waals surface area contributed by atoms with E-state index in [0.29, 0.717) is 31.6 Å². The van der Waals surface area contributed by atoms with Gasteiger partial charge in [0.15, 0.2) is 5.01 Å². The van der Waals surface area contributed by atoms with E-state index >= 15 is 0 Å². The number of aromatic nitrogens is 2. The molecule has 1 unspecified atom stereocenters. The maximum atomic E-state index is 14.2. The van der Waals surface area contributed by atoms with Crippen LogP contribution in [0, 0.1) is 0 Å². The highest BCUT2D eigenvalue weighted by molar-refractivity contribution is 7.17. The van der Waals surface area contributed by atoms with E-state index < -0.39 is 18.4 Å². The Bertz CT molecular complexity index is 1130. The predicted molar refractivity (Wildman–Crippen MR) is 135 cm³/mol. The topological polar surface area (TPSA) is 107 Å². The third-order valence-corrected chi connectivity index (χ3v) is 7.58. The van der Waals surface area contributed by atoms with Gasteiger partial charge in [-0.25, -0.2) is 18.7 Å². The van der Waals surface area contributed by atoms with Gasteiger partial charge in [-0.2, -0.15) is 0 Å². The Morgan fingerprint density at radius 3 is 2.58 bits per heavy atom. The number of halogens is 2. The van der Waals surface area contributed by atoms with E-state index in [-0.39, 0.29) is 50.2 Å². The number of rotatable bonds is 6. The van der Waals surface area contributed by atoms with Crippen molar-refractivity contribution >= 4 is 29.0 Å². The molecule has 3 atom stereocenters. The number of alkyl halides is 2. The van der Waals surface area contributed by atoms with Crippen LogP contribution >= 0.6 is 11.3 Å². The fourth-order valence-electron chi connectivity index (χ4n) is 4.75. The van der Waals surface area contributed by atoms with E-state index in [1.807, 2.05) is 27.7 Å².